The number of unbranched alkanes of at least 4 members (excludes halogenated alkanes) is 5. The number of carbonyl (C=O) groups is 1. The molecule has 0 spiro atoms. The van der Waals surface area contributed by atoms with Crippen molar-refractivity contribution < 1.29 is 4.79 Å². The summed E-state index contributed by atoms with van der Waals surface area (Å²) in [5.41, 5.74) is 5.37. The highest BCUT2D eigenvalue weighted by Gasteiger charge is 2.21. The van der Waals surface area contributed by atoms with E-state index in [0.717, 1.165) is 32.5 Å². The van der Waals surface area contributed by atoms with Gasteiger partial charge in [-0.25, -0.2) is 0 Å². The normalized spacial score (nSPS) is 16.9. The molecule has 0 saturated carbocycles. The van der Waals surface area contributed by atoms with Crippen LogP contribution in [-0.2, 0) is 4.79 Å². The van der Waals surface area contributed by atoms with Gasteiger partial charge >= 0.3 is 0 Å². The molecule has 4 nitrogen and oxygen atoms in total. The third kappa shape index (κ3) is 7.53. The Morgan fingerprint density at radius 2 is 1.79 bits per heavy atom. The summed E-state index contributed by atoms with van der Waals surface area (Å²) >= 11 is 0. The van der Waals surface area contributed by atoms with Crippen LogP contribution >= 0.6 is 0 Å². The number of nitrogens with one attached hydrogen (secondary N) is 1. The number of carbonyl (C=O) groups excluding carboxylic acids is 1. The van der Waals surface area contributed by atoms with Crippen LogP contribution in [0.2, 0.25) is 0 Å². The summed E-state index contributed by atoms with van der Waals surface area (Å²) in [6.07, 6.45) is 10.1. The van der Waals surface area contributed by atoms with Gasteiger partial charge in [0.25, 0.3) is 0 Å². The molecule has 1 saturated heterocycles. The first-order valence-corrected chi connectivity index (χ1v) is 7.97. The van der Waals surface area contributed by atoms with Gasteiger partial charge in [0.15, 0.2) is 0 Å². The minimum atomic E-state index is -0.190. The van der Waals surface area contributed by atoms with Gasteiger partial charge in [-0.1, -0.05) is 39.0 Å². The fourth-order valence-corrected chi connectivity index (χ4v) is 2.86. The Morgan fingerprint density at radius 3 is 2.42 bits per heavy atom. The van der Waals surface area contributed by atoms with E-state index >= 15 is 0 Å². The number of hydrogen-bond acceptors (Lipinski definition) is 3. The molecule has 1 fully saturated rings. The summed E-state index contributed by atoms with van der Waals surface area (Å²) in [5.74, 6) is -0.190. The summed E-state index contributed by atoms with van der Waals surface area (Å²) in [5, 5.41) is 3.37. The van der Waals surface area contributed by atoms with Crippen molar-refractivity contribution in [3.8, 4) is 0 Å². The van der Waals surface area contributed by atoms with Crippen molar-refractivity contribution in [3.63, 3.8) is 0 Å². The predicted molar refractivity (Wildman–Crippen MR) is 80.0 cm³/mol. The van der Waals surface area contributed by atoms with Crippen LogP contribution in [-0.4, -0.2) is 43.0 Å². The van der Waals surface area contributed by atoms with Crippen LogP contribution in [0.3, 0.4) is 0 Å². The summed E-state index contributed by atoms with van der Waals surface area (Å²) in [4.78, 5) is 13.5. The Hall–Kier alpha value is -0.610. The van der Waals surface area contributed by atoms with Gasteiger partial charge in [-0.2, -0.15) is 0 Å². The Kier molecular flexibility index (Phi) is 8.84. The molecule has 0 aromatic rings. The van der Waals surface area contributed by atoms with E-state index < -0.39 is 0 Å². The number of piperidine rings is 1. The average Bonchev–Trinajstić information content (AvgIpc) is 2.42. The molecule has 3 N–H and O–H groups in total. The van der Waals surface area contributed by atoms with Gasteiger partial charge in [-0.15, -0.1) is 0 Å². The Labute approximate surface area is 118 Å². The number of hydrogen-bond donors (Lipinski definition) is 2. The molecule has 0 bridgehead atoms. The van der Waals surface area contributed by atoms with Gasteiger partial charge < -0.3 is 11.1 Å². The second-order valence-electron chi connectivity index (χ2n) is 5.69. The van der Waals surface area contributed by atoms with E-state index in [9.17, 15) is 4.79 Å². The van der Waals surface area contributed by atoms with E-state index in [2.05, 4.69) is 17.1 Å². The lowest BCUT2D eigenvalue weighted by Crippen LogP contribution is -2.46. The molecular formula is C15H31N3O. The molecule has 0 atom stereocenters. The number of nitrogens with zero attached hydrogens (tertiary/aromatic N) is 1. The van der Waals surface area contributed by atoms with Crippen LogP contribution in [0.1, 0.15) is 58.3 Å². The van der Waals surface area contributed by atoms with Crippen molar-refractivity contribution in [3.05, 3.63) is 0 Å². The molecule has 19 heavy (non-hydrogen) atoms. The van der Waals surface area contributed by atoms with Gasteiger partial charge in [0.1, 0.15) is 0 Å². The average molecular weight is 269 g/mol. The van der Waals surface area contributed by atoms with Crippen LogP contribution in [0.15, 0.2) is 0 Å². The number of amides is 1. The Bertz CT molecular complexity index is 240. The lowest BCUT2D eigenvalue weighted by Gasteiger charge is -2.33. The summed E-state index contributed by atoms with van der Waals surface area (Å²) in [6, 6.07) is 0.546. The van der Waals surface area contributed by atoms with Gasteiger partial charge in [0.2, 0.25) is 5.91 Å². The molecule has 0 aromatic carbocycles. The van der Waals surface area contributed by atoms with Crippen LogP contribution in [0, 0.1) is 0 Å². The number of rotatable bonds is 10. The van der Waals surface area contributed by atoms with Crippen molar-refractivity contribution in [2.24, 2.45) is 5.73 Å². The molecule has 1 heterocycles. The van der Waals surface area contributed by atoms with Crippen LogP contribution in [0.4, 0.5) is 0 Å². The van der Waals surface area contributed by atoms with E-state index in [4.69, 9.17) is 5.73 Å². The first kappa shape index (κ1) is 16.4. The van der Waals surface area contributed by atoms with Crippen molar-refractivity contribution >= 4 is 5.91 Å². The molecule has 1 amide bonds. The molecule has 1 aliphatic rings. The predicted octanol–water partition coefficient (Wildman–Crippen LogP) is 1.89. The largest absolute Gasteiger partial charge is 0.369 e. The minimum Gasteiger partial charge on any atom is -0.369 e. The summed E-state index contributed by atoms with van der Waals surface area (Å²) in [6.45, 7) is 5.83. The molecule has 4 heteroatoms. The molecule has 0 radical (unpaired) electrons. The van der Waals surface area contributed by atoms with E-state index in [-0.39, 0.29) is 5.91 Å². The maximum atomic E-state index is 11.2. The molecule has 0 aliphatic carbocycles. The van der Waals surface area contributed by atoms with Crippen LogP contribution in [0.25, 0.3) is 0 Å². The van der Waals surface area contributed by atoms with Gasteiger partial charge in [0, 0.05) is 6.04 Å². The van der Waals surface area contributed by atoms with Gasteiger partial charge in [-0.05, 0) is 38.9 Å². The fourth-order valence-electron chi connectivity index (χ4n) is 2.86. The van der Waals surface area contributed by atoms with E-state index in [1.807, 2.05) is 0 Å². The lowest BCUT2D eigenvalue weighted by molar-refractivity contribution is -0.119. The molecular weight excluding hydrogens is 238 g/mol. The molecule has 1 aliphatic heterocycles. The standard InChI is InChI=1S/C15H31N3O/c1-2-3-4-5-6-7-12-18(13-15(16)19)14-8-10-17-11-9-14/h14,17H,2-13H2,1H3,(H2,16,19). The topological polar surface area (TPSA) is 58.4 Å². The van der Waals surface area contributed by atoms with Crippen LogP contribution < -0.4 is 11.1 Å². The molecule has 112 valence electrons. The van der Waals surface area contributed by atoms with Crippen molar-refractivity contribution in [2.45, 2.75) is 64.3 Å². The summed E-state index contributed by atoms with van der Waals surface area (Å²) in [7, 11) is 0. The third-order valence-corrected chi connectivity index (χ3v) is 3.98. The SMILES string of the molecule is CCCCCCCCN(CC(N)=O)C1CCNCC1. The van der Waals surface area contributed by atoms with E-state index in [1.165, 1.54) is 38.5 Å². The maximum absolute atomic E-state index is 11.2. The maximum Gasteiger partial charge on any atom is 0.231 e. The molecule has 0 unspecified atom stereocenters. The zero-order valence-corrected chi connectivity index (χ0v) is 12.5. The smallest absolute Gasteiger partial charge is 0.231 e. The highest BCUT2D eigenvalue weighted by atomic mass is 16.1. The third-order valence-electron chi connectivity index (χ3n) is 3.98. The van der Waals surface area contributed by atoms with Crippen molar-refractivity contribution in [2.75, 3.05) is 26.2 Å². The Morgan fingerprint density at radius 1 is 1.16 bits per heavy atom. The Balaban J connectivity index is 2.22. The lowest BCUT2D eigenvalue weighted by atomic mass is 10.0. The molecule has 0 aromatic heterocycles. The minimum absolute atomic E-state index is 0.190. The van der Waals surface area contributed by atoms with Crippen molar-refractivity contribution in [1.82, 2.24) is 10.2 Å². The highest BCUT2D eigenvalue weighted by molar-refractivity contribution is 5.75. The second-order valence-corrected chi connectivity index (χ2v) is 5.69. The van der Waals surface area contributed by atoms with Crippen molar-refractivity contribution in [1.29, 1.82) is 0 Å². The first-order valence-electron chi connectivity index (χ1n) is 7.97. The van der Waals surface area contributed by atoms with Gasteiger partial charge in [-0.3, -0.25) is 9.69 Å². The van der Waals surface area contributed by atoms with E-state index in [0.29, 0.717) is 12.6 Å². The van der Waals surface area contributed by atoms with Crippen LogP contribution in [0.5, 0.6) is 0 Å². The number of primary amides is 1. The fraction of sp³-hybridized carbons (Fsp3) is 0.933. The summed E-state index contributed by atoms with van der Waals surface area (Å²) < 4.78 is 0. The van der Waals surface area contributed by atoms with Gasteiger partial charge in [0.05, 0.1) is 6.54 Å². The highest BCUT2D eigenvalue weighted by Crippen LogP contribution is 2.13. The molecule has 1 rings (SSSR count). The second kappa shape index (κ2) is 10.2. The zero-order chi connectivity index (χ0) is 13.9. The zero-order valence-electron chi connectivity index (χ0n) is 12.5. The quantitative estimate of drug-likeness (QED) is 0.595. The van der Waals surface area contributed by atoms with E-state index in [1.54, 1.807) is 0 Å². The monoisotopic (exact) mass is 269 g/mol. The number of nitrogens with two attached hydrogens (primary N) is 1. The first-order chi connectivity index (χ1) is 9.24.